The number of ether oxygens (including phenoxy) is 2. The number of hydrogen-bond donors (Lipinski definition) is 0. The van der Waals surface area contributed by atoms with E-state index in [1.165, 1.54) is 0 Å². The molecule has 56 heavy (non-hydrogen) atoms. The number of Topliss-reactive ketones (excluding diaryl/α,β-unsaturated/α-hetero) is 4. The van der Waals surface area contributed by atoms with Crippen molar-refractivity contribution in [3.05, 3.63) is 182 Å². The predicted octanol–water partition coefficient (Wildman–Crippen LogP) is 3.94. The SMILES string of the molecule is COC(=O)C(=O)C(C(=O)C(=O)C(C(=O)C(=O)OC)=P(c1ccccc1)(c1ccccc1)c1ccccc1)=P(c1ccccc1)(c1ccccc1)c1ccccc1. The lowest BCUT2D eigenvalue weighted by atomic mass is 10.1. The molecule has 0 aliphatic rings. The number of benzene rings is 6. The Morgan fingerprint density at radius 1 is 0.304 bits per heavy atom. The van der Waals surface area contributed by atoms with Crippen LogP contribution in [0.5, 0.6) is 0 Å². The lowest BCUT2D eigenvalue weighted by molar-refractivity contribution is -0.149. The van der Waals surface area contributed by atoms with E-state index in [1.54, 1.807) is 182 Å². The third-order valence-corrected chi connectivity index (χ3v) is 17.9. The van der Waals surface area contributed by atoms with Crippen LogP contribution in [-0.4, -0.2) is 59.9 Å². The summed E-state index contributed by atoms with van der Waals surface area (Å²) >= 11 is 0. The van der Waals surface area contributed by atoms with Gasteiger partial charge in [0, 0.05) is 0 Å². The molecule has 10 heteroatoms. The van der Waals surface area contributed by atoms with Crippen LogP contribution in [-0.2, 0) is 38.2 Å². The highest BCUT2D eigenvalue weighted by Crippen LogP contribution is 2.49. The van der Waals surface area contributed by atoms with Crippen LogP contribution in [0.1, 0.15) is 0 Å². The highest BCUT2D eigenvalue weighted by molar-refractivity contribution is 7.99. The monoisotopic (exact) mass is 778 g/mol. The molecule has 6 rings (SSSR count). The normalized spacial score (nSPS) is 11.1. The molecule has 0 aliphatic carbocycles. The van der Waals surface area contributed by atoms with Crippen molar-refractivity contribution in [3.8, 4) is 0 Å². The number of hydrogen-bond acceptors (Lipinski definition) is 8. The number of carbonyl (C=O) groups excluding carboxylic acids is 6. The molecule has 0 heterocycles. The first-order chi connectivity index (χ1) is 27.2. The third-order valence-electron chi connectivity index (χ3n) is 9.34. The Morgan fingerprint density at radius 3 is 0.643 bits per heavy atom. The molecule has 0 fully saturated rings. The van der Waals surface area contributed by atoms with Crippen molar-refractivity contribution < 1.29 is 38.2 Å². The van der Waals surface area contributed by atoms with Gasteiger partial charge in [-0.25, -0.2) is 9.59 Å². The quantitative estimate of drug-likeness (QED) is 0.0749. The summed E-state index contributed by atoms with van der Waals surface area (Å²) in [6.45, 7) is -7.60. The molecular weight excluding hydrogens is 742 g/mol. The average molecular weight is 779 g/mol. The Balaban J connectivity index is 1.92. The van der Waals surface area contributed by atoms with Crippen molar-refractivity contribution >= 4 is 91.3 Å². The molecule has 8 nitrogen and oxygen atoms in total. The second-order valence-electron chi connectivity index (χ2n) is 12.4. The number of methoxy groups -OCH3 is 2. The van der Waals surface area contributed by atoms with Gasteiger partial charge < -0.3 is 9.47 Å². The maximum atomic E-state index is 15.8. The zero-order valence-electron chi connectivity index (χ0n) is 30.5. The highest BCUT2D eigenvalue weighted by atomic mass is 31.2. The van der Waals surface area contributed by atoms with E-state index in [9.17, 15) is 19.2 Å². The minimum Gasteiger partial charge on any atom is -0.463 e. The van der Waals surface area contributed by atoms with Gasteiger partial charge >= 0.3 is 11.9 Å². The molecule has 0 amide bonds. The van der Waals surface area contributed by atoms with E-state index >= 15 is 9.59 Å². The van der Waals surface area contributed by atoms with E-state index in [0.29, 0.717) is 31.8 Å². The Kier molecular flexibility index (Phi) is 12.2. The molecule has 0 spiro atoms. The fourth-order valence-electron chi connectivity index (χ4n) is 6.99. The van der Waals surface area contributed by atoms with Crippen molar-refractivity contribution in [2.45, 2.75) is 0 Å². The van der Waals surface area contributed by atoms with E-state index in [0.717, 1.165) is 14.2 Å². The zero-order valence-corrected chi connectivity index (χ0v) is 32.3. The fraction of sp³-hybridized carbons (Fsp3) is 0.0435. The summed E-state index contributed by atoms with van der Waals surface area (Å²) in [6, 6.07) is 52.2. The zero-order chi connectivity index (χ0) is 39.7. The Morgan fingerprint density at radius 2 is 0.482 bits per heavy atom. The summed E-state index contributed by atoms with van der Waals surface area (Å²) in [5.41, 5.74) is 0. The van der Waals surface area contributed by atoms with Gasteiger partial charge in [-0.1, -0.05) is 182 Å². The predicted molar refractivity (Wildman–Crippen MR) is 224 cm³/mol. The average Bonchev–Trinajstić information content (AvgIpc) is 3.27. The van der Waals surface area contributed by atoms with E-state index in [-0.39, 0.29) is 0 Å². The van der Waals surface area contributed by atoms with Crippen molar-refractivity contribution in [1.82, 2.24) is 0 Å². The van der Waals surface area contributed by atoms with Gasteiger partial charge in [-0.3, -0.25) is 19.2 Å². The van der Waals surface area contributed by atoms with Crippen molar-refractivity contribution in [3.63, 3.8) is 0 Å². The number of carbonyl (C=O) groups is 6. The van der Waals surface area contributed by atoms with Gasteiger partial charge in [0.15, 0.2) is 0 Å². The molecule has 0 radical (unpaired) electrons. The highest BCUT2D eigenvalue weighted by Gasteiger charge is 2.47. The maximum Gasteiger partial charge on any atom is 0.379 e. The Labute approximate surface area is 324 Å². The largest absolute Gasteiger partial charge is 0.463 e. The first-order valence-electron chi connectivity index (χ1n) is 17.5. The first-order valence-corrected chi connectivity index (χ1v) is 21.0. The Hall–Kier alpha value is -6.46. The summed E-state index contributed by atoms with van der Waals surface area (Å²) in [7, 11) is 2.01. The topological polar surface area (TPSA) is 121 Å². The van der Waals surface area contributed by atoms with Crippen LogP contribution < -0.4 is 31.8 Å². The molecule has 6 aromatic carbocycles. The number of ketones is 4. The van der Waals surface area contributed by atoms with Gasteiger partial charge in [-0.05, 0) is 45.6 Å². The lowest BCUT2D eigenvalue weighted by Crippen LogP contribution is -2.48. The first kappa shape index (κ1) is 39.2. The summed E-state index contributed by atoms with van der Waals surface area (Å²) in [5, 5.41) is 1.48. The van der Waals surface area contributed by atoms with Gasteiger partial charge in [-0.2, -0.15) is 0 Å². The molecule has 0 bridgehead atoms. The molecule has 0 aromatic heterocycles. The van der Waals surface area contributed by atoms with Crippen molar-refractivity contribution in [2.24, 2.45) is 0 Å². The van der Waals surface area contributed by atoms with Crippen LogP contribution in [0.15, 0.2) is 182 Å². The summed E-state index contributed by atoms with van der Waals surface area (Å²) in [6.07, 6.45) is 0. The minimum absolute atomic E-state index is 0.474. The molecule has 0 saturated carbocycles. The summed E-state index contributed by atoms with van der Waals surface area (Å²) in [5.74, 6) is -8.34. The van der Waals surface area contributed by atoms with E-state index < -0.39 is 59.4 Å². The van der Waals surface area contributed by atoms with Crippen LogP contribution in [0.2, 0.25) is 0 Å². The van der Waals surface area contributed by atoms with Crippen LogP contribution in [0.3, 0.4) is 0 Å². The third kappa shape index (κ3) is 6.97. The fourth-order valence-corrected chi connectivity index (χ4v) is 15.6. The van der Waals surface area contributed by atoms with E-state index in [4.69, 9.17) is 9.47 Å². The number of esters is 2. The van der Waals surface area contributed by atoms with Gasteiger partial charge in [0.1, 0.15) is 0 Å². The van der Waals surface area contributed by atoms with Gasteiger partial charge in [0.25, 0.3) is 11.6 Å². The van der Waals surface area contributed by atoms with E-state index in [1.807, 2.05) is 0 Å². The second kappa shape index (κ2) is 17.3. The van der Waals surface area contributed by atoms with Crippen molar-refractivity contribution in [1.29, 1.82) is 0 Å². The maximum absolute atomic E-state index is 15.8. The Bertz CT molecular complexity index is 2150. The lowest BCUT2D eigenvalue weighted by Gasteiger charge is -2.33. The van der Waals surface area contributed by atoms with Crippen LogP contribution in [0.4, 0.5) is 0 Å². The molecule has 0 unspecified atom stereocenters. The minimum atomic E-state index is -3.80. The van der Waals surface area contributed by atoms with Crippen LogP contribution in [0.25, 0.3) is 0 Å². The molecule has 0 atom stereocenters. The molecular formula is C46H36O8P2. The summed E-state index contributed by atoms with van der Waals surface area (Å²) in [4.78, 5) is 88.3. The van der Waals surface area contributed by atoms with Crippen LogP contribution in [0, 0.1) is 0 Å². The van der Waals surface area contributed by atoms with Crippen molar-refractivity contribution in [2.75, 3.05) is 14.2 Å². The standard InChI is InChI=1S/C46H36O8P2/c1-53-45(51)41(49)43(55(33-21-9-3-10-22-33,34-23-11-4-12-24-34)35-25-13-5-14-26-35)39(47)40(48)44(42(50)46(52)54-2)56(36-27-15-6-16-28-36,37-29-17-7-18-30-37)38-31-19-8-20-32-38/h3-32H,1-2H3. The molecule has 0 N–H and O–H groups in total. The van der Waals surface area contributed by atoms with Gasteiger partial charge in [0.05, 0.1) is 24.8 Å². The molecule has 278 valence electrons. The smallest absolute Gasteiger partial charge is 0.379 e. The van der Waals surface area contributed by atoms with Crippen LogP contribution >= 0.6 is 13.8 Å². The summed E-state index contributed by atoms with van der Waals surface area (Å²) < 4.78 is 9.94. The number of rotatable bonds is 13. The van der Waals surface area contributed by atoms with E-state index in [2.05, 4.69) is 0 Å². The van der Waals surface area contributed by atoms with Gasteiger partial charge in [-0.15, -0.1) is 0 Å². The molecule has 0 aliphatic heterocycles. The molecule has 0 saturated heterocycles. The van der Waals surface area contributed by atoms with Gasteiger partial charge in [0.2, 0.25) is 11.6 Å². The second-order valence-corrected chi connectivity index (χ2v) is 19.0. The molecule has 6 aromatic rings.